The van der Waals surface area contributed by atoms with E-state index < -0.39 is 0 Å². The van der Waals surface area contributed by atoms with Gasteiger partial charge >= 0.3 is 0 Å². The van der Waals surface area contributed by atoms with Gasteiger partial charge in [-0.2, -0.15) is 0 Å². The minimum absolute atomic E-state index is 0.801. The maximum atomic E-state index is 4.20. The Morgan fingerprint density at radius 3 is 2.89 bits per heavy atom. The molecule has 1 aromatic heterocycles. The molecule has 3 nitrogen and oxygen atoms in total. The van der Waals surface area contributed by atoms with Crippen molar-refractivity contribution in [1.29, 1.82) is 0 Å². The zero-order valence-corrected chi connectivity index (χ0v) is 12.4. The predicted octanol–water partition coefficient (Wildman–Crippen LogP) is 3.98. The van der Waals surface area contributed by atoms with E-state index in [9.17, 15) is 0 Å². The summed E-state index contributed by atoms with van der Waals surface area (Å²) >= 11 is 3.51. The summed E-state index contributed by atoms with van der Waals surface area (Å²) in [6, 6.07) is 6.34. The van der Waals surface area contributed by atoms with Crippen LogP contribution in [0.3, 0.4) is 0 Å². The third-order valence-corrected chi connectivity index (χ3v) is 3.24. The van der Waals surface area contributed by atoms with Crippen molar-refractivity contribution >= 4 is 21.6 Å². The van der Waals surface area contributed by atoms with Crippen LogP contribution in [-0.2, 0) is 13.1 Å². The first-order chi connectivity index (χ1) is 8.69. The van der Waals surface area contributed by atoms with Gasteiger partial charge in [-0.15, -0.1) is 0 Å². The second-order valence-electron chi connectivity index (χ2n) is 4.45. The van der Waals surface area contributed by atoms with E-state index in [2.05, 4.69) is 62.8 Å². The highest BCUT2D eigenvalue weighted by Crippen LogP contribution is 2.19. The number of nitrogens with one attached hydrogen (secondary N) is 1. The smallest absolute Gasteiger partial charge is 0.0948 e. The lowest BCUT2D eigenvalue weighted by Crippen LogP contribution is -2.07. The molecule has 0 aliphatic carbocycles. The van der Waals surface area contributed by atoms with Gasteiger partial charge in [0.15, 0.2) is 0 Å². The van der Waals surface area contributed by atoms with Crippen LogP contribution in [0.2, 0.25) is 0 Å². The zero-order chi connectivity index (χ0) is 13.0. The van der Waals surface area contributed by atoms with Gasteiger partial charge in [0.2, 0.25) is 0 Å². The molecule has 0 saturated heterocycles. The van der Waals surface area contributed by atoms with Gasteiger partial charge < -0.3 is 9.88 Å². The number of aryl methyl sites for hydroxylation is 2. The number of hydrogen-bond donors (Lipinski definition) is 1. The summed E-state index contributed by atoms with van der Waals surface area (Å²) in [5.74, 6) is 0. The molecule has 0 atom stereocenters. The van der Waals surface area contributed by atoms with Gasteiger partial charge in [0, 0.05) is 22.9 Å². The van der Waals surface area contributed by atoms with Crippen molar-refractivity contribution in [3.8, 4) is 0 Å². The highest BCUT2D eigenvalue weighted by molar-refractivity contribution is 9.10. The molecule has 0 radical (unpaired) electrons. The maximum absolute atomic E-state index is 4.20. The monoisotopic (exact) mass is 307 g/mol. The van der Waals surface area contributed by atoms with Crippen LogP contribution in [-0.4, -0.2) is 9.55 Å². The van der Waals surface area contributed by atoms with E-state index >= 15 is 0 Å². The molecule has 4 heteroatoms. The van der Waals surface area contributed by atoms with E-state index in [-0.39, 0.29) is 0 Å². The fourth-order valence-corrected chi connectivity index (χ4v) is 2.58. The first kappa shape index (κ1) is 13.1. The van der Waals surface area contributed by atoms with Crippen molar-refractivity contribution < 1.29 is 0 Å². The fraction of sp³-hybridized carbons (Fsp3) is 0.357. The lowest BCUT2D eigenvalue weighted by atomic mass is 10.2. The SMILES string of the molecule is CCCn1cncc1CNc1cc(C)cc(Br)c1. The number of aromatic nitrogens is 2. The Hall–Kier alpha value is -1.29. The summed E-state index contributed by atoms with van der Waals surface area (Å²) in [5.41, 5.74) is 3.59. The Morgan fingerprint density at radius 2 is 2.17 bits per heavy atom. The van der Waals surface area contributed by atoms with Gasteiger partial charge in [-0.1, -0.05) is 22.9 Å². The first-order valence-corrected chi connectivity index (χ1v) is 6.98. The first-order valence-electron chi connectivity index (χ1n) is 6.19. The van der Waals surface area contributed by atoms with E-state index in [0.29, 0.717) is 0 Å². The number of imidazole rings is 1. The van der Waals surface area contributed by atoms with Crippen molar-refractivity contribution in [1.82, 2.24) is 9.55 Å². The molecule has 1 heterocycles. The molecule has 1 aromatic carbocycles. The molecule has 0 aliphatic rings. The average Bonchev–Trinajstić information content (AvgIpc) is 2.73. The van der Waals surface area contributed by atoms with Crippen LogP contribution in [0.25, 0.3) is 0 Å². The van der Waals surface area contributed by atoms with Crippen LogP contribution in [0.5, 0.6) is 0 Å². The number of hydrogen-bond acceptors (Lipinski definition) is 2. The van der Waals surface area contributed by atoms with Crippen LogP contribution in [0, 0.1) is 6.92 Å². The fourth-order valence-electron chi connectivity index (χ4n) is 1.97. The van der Waals surface area contributed by atoms with Crippen LogP contribution in [0.15, 0.2) is 35.2 Å². The third kappa shape index (κ3) is 3.35. The van der Waals surface area contributed by atoms with Gasteiger partial charge in [-0.05, 0) is 37.1 Å². The van der Waals surface area contributed by atoms with Crippen molar-refractivity contribution in [2.75, 3.05) is 5.32 Å². The highest BCUT2D eigenvalue weighted by Gasteiger charge is 2.02. The van der Waals surface area contributed by atoms with Crippen molar-refractivity contribution in [3.63, 3.8) is 0 Å². The van der Waals surface area contributed by atoms with E-state index in [1.54, 1.807) is 0 Å². The summed E-state index contributed by atoms with van der Waals surface area (Å²) in [6.07, 6.45) is 4.94. The van der Waals surface area contributed by atoms with Crippen LogP contribution in [0.1, 0.15) is 24.6 Å². The molecule has 0 fully saturated rings. The third-order valence-electron chi connectivity index (χ3n) is 2.78. The quantitative estimate of drug-likeness (QED) is 0.905. The van der Waals surface area contributed by atoms with E-state index in [4.69, 9.17) is 0 Å². The molecule has 0 spiro atoms. The molecular weight excluding hydrogens is 290 g/mol. The summed E-state index contributed by atoms with van der Waals surface area (Å²) in [6.45, 7) is 6.09. The molecule has 0 bridgehead atoms. The van der Waals surface area contributed by atoms with Crippen molar-refractivity contribution in [3.05, 3.63) is 46.5 Å². The molecule has 0 unspecified atom stereocenters. The molecule has 96 valence electrons. The Balaban J connectivity index is 2.04. The minimum atomic E-state index is 0.801. The normalized spacial score (nSPS) is 10.6. The summed E-state index contributed by atoms with van der Waals surface area (Å²) in [4.78, 5) is 4.20. The summed E-state index contributed by atoms with van der Waals surface area (Å²) in [5, 5.41) is 3.44. The van der Waals surface area contributed by atoms with Gasteiger partial charge in [-0.3, -0.25) is 0 Å². The molecule has 2 rings (SSSR count). The molecule has 0 saturated carbocycles. The van der Waals surface area contributed by atoms with E-state index in [1.165, 1.54) is 11.3 Å². The molecule has 0 aliphatic heterocycles. The lowest BCUT2D eigenvalue weighted by molar-refractivity contribution is 0.651. The number of benzene rings is 1. The molecule has 1 N–H and O–H groups in total. The van der Waals surface area contributed by atoms with E-state index in [1.807, 2.05) is 12.5 Å². The lowest BCUT2D eigenvalue weighted by Gasteiger charge is -2.10. The van der Waals surface area contributed by atoms with E-state index in [0.717, 1.165) is 29.7 Å². The second-order valence-corrected chi connectivity index (χ2v) is 5.36. The maximum Gasteiger partial charge on any atom is 0.0948 e. The highest BCUT2D eigenvalue weighted by atomic mass is 79.9. The predicted molar refractivity (Wildman–Crippen MR) is 78.7 cm³/mol. The second kappa shape index (κ2) is 6.05. The van der Waals surface area contributed by atoms with Gasteiger partial charge in [0.25, 0.3) is 0 Å². The molecule has 18 heavy (non-hydrogen) atoms. The molecule has 0 amide bonds. The number of anilines is 1. The van der Waals surface area contributed by atoms with Crippen molar-refractivity contribution in [2.45, 2.75) is 33.4 Å². The molecule has 2 aromatic rings. The number of nitrogens with zero attached hydrogens (tertiary/aromatic N) is 2. The van der Waals surface area contributed by atoms with Crippen LogP contribution < -0.4 is 5.32 Å². The standard InChI is InChI=1S/C14H18BrN3/c1-3-4-18-10-16-8-14(18)9-17-13-6-11(2)5-12(15)7-13/h5-8,10,17H,3-4,9H2,1-2H3. The Morgan fingerprint density at radius 1 is 1.33 bits per heavy atom. The zero-order valence-electron chi connectivity index (χ0n) is 10.8. The minimum Gasteiger partial charge on any atom is -0.379 e. The van der Waals surface area contributed by atoms with Gasteiger partial charge in [-0.25, -0.2) is 4.98 Å². The molecular formula is C14H18BrN3. The number of rotatable bonds is 5. The topological polar surface area (TPSA) is 29.9 Å². The summed E-state index contributed by atoms with van der Waals surface area (Å²) in [7, 11) is 0. The summed E-state index contributed by atoms with van der Waals surface area (Å²) < 4.78 is 3.30. The van der Waals surface area contributed by atoms with Crippen LogP contribution in [0.4, 0.5) is 5.69 Å². The Bertz CT molecular complexity index is 499. The Kier molecular flexibility index (Phi) is 4.42. The van der Waals surface area contributed by atoms with Crippen LogP contribution >= 0.6 is 15.9 Å². The largest absolute Gasteiger partial charge is 0.379 e. The number of halogens is 1. The van der Waals surface area contributed by atoms with Gasteiger partial charge in [0.05, 0.1) is 18.6 Å². The Labute approximate surface area is 116 Å². The van der Waals surface area contributed by atoms with Crippen molar-refractivity contribution in [2.24, 2.45) is 0 Å². The van der Waals surface area contributed by atoms with Gasteiger partial charge in [0.1, 0.15) is 0 Å². The average molecular weight is 308 g/mol.